The van der Waals surface area contributed by atoms with Crippen LogP contribution in [0.3, 0.4) is 0 Å². The quantitative estimate of drug-likeness (QED) is 0.669. The summed E-state index contributed by atoms with van der Waals surface area (Å²) in [5, 5.41) is 12.2. The highest BCUT2D eigenvalue weighted by molar-refractivity contribution is 8.00. The second kappa shape index (κ2) is 7.09. The minimum Gasteiger partial charge on any atom is -0.411 e. The Morgan fingerprint density at radius 3 is 2.88 bits per heavy atom. The third-order valence-electron chi connectivity index (χ3n) is 3.56. The highest BCUT2D eigenvalue weighted by Crippen LogP contribution is 2.30. The number of carbonyl (C=O) groups excluding carboxylic acids is 1. The van der Waals surface area contributed by atoms with Gasteiger partial charge in [0.25, 0.3) is 11.1 Å². The number of nitrogens with zero attached hydrogens (tertiary/aromatic N) is 2. The van der Waals surface area contributed by atoms with Crippen LogP contribution in [0.2, 0.25) is 0 Å². The van der Waals surface area contributed by atoms with Crippen LogP contribution in [0.4, 0.5) is 0 Å². The SMILES string of the molecule is CC(C)CNC(=O)[C@H](C)Sc1nnc(-c2c[nH]c3ccccc23)o1. The van der Waals surface area contributed by atoms with Gasteiger partial charge in [-0.05, 0) is 18.9 Å². The van der Waals surface area contributed by atoms with Crippen molar-refractivity contribution in [1.29, 1.82) is 0 Å². The molecule has 24 heavy (non-hydrogen) atoms. The third-order valence-corrected chi connectivity index (χ3v) is 4.49. The molecule has 0 bridgehead atoms. The van der Waals surface area contributed by atoms with Crippen LogP contribution >= 0.6 is 11.8 Å². The number of rotatable bonds is 6. The van der Waals surface area contributed by atoms with E-state index >= 15 is 0 Å². The van der Waals surface area contributed by atoms with E-state index in [-0.39, 0.29) is 11.2 Å². The first-order valence-electron chi connectivity index (χ1n) is 7.89. The first-order chi connectivity index (χ1) is 11.5. The lowest BCUT2D eigenvalue weighted by Gasteiger charge is -2.11. The molecule has 0 fully saturated rings. The molecule has 2 heterocycles. The van der Waals surface area contributed by atoms with E-state index in [4.69, 9.17) is 4.42 Å². The van der Waals surface area contributed by atoms with E-state index in [0.717, 1.165) is 16.5 Å². The number of thioether (sulfide) groups is 1. The van der Waals surface area contributed by atoms with Gasteiger partial charge in [-0.15, -0.1) is 10.2 Å². The summed E-state index contributed by atoms with van der Waals surface area (Å²) in [7, 11) is 0. The number of H-pyrrole nitrogens is 1. The van der Waals surface area contributed by atoms with E-state index in [1.807, 2.05) is 37.4 Å². The largest absolute Gasteiger partial charge is 0.411 e. The molecule has 0 aliphatic rings. The van der Waals surface area contributed by atoms with E-state index in [1.165, 1.54) is 11.8 Å². The first-order valence-corrected chi connectivity index (χ1v) is 8.77. The topological polar surface area (TPSA) is 83.8 Å². The average Bonchev–Trinajstić information content (AvgIpc) is 3.18. The molecule has 2 N–H and O–H groups in total. The predicted molar refractivity (Wildman–Crippen MR) is 94.8 cm³/mol. The molecule has 0 spiro atoms. The Morgan fingerprint density at radius 1 is 1.29 bits per heavy atom. The molecule has 0 radical (unpaired) electrons. The number of nitrogens with one attached hydrogen (secondary N) is 2. The second-order valence-electron chi connectivity index (χ2n) is 6.02. The van der Waals surface area contributed by atoms with Crippen LogP contribution in [0, 0.1) is 5.92 Å². The number of hydrogen-bond donors (Lipinski definition) is 2. The first kappa shape index (κ1) is 16.6. The minimum atomic E-state index is -0.292. The Kier molecular flexibility index (Phi) is 4.89. The maximum absolute atomic E-state index is 12.0. The van der Waals surface area contributed by atoms with Gasteiger partial charge in [0.2, 0.25) is 5.91 Å². The monoisotopic (exact) mass is 344 g/mol. The van der Waals surface area contributed by atoms with Crippen LogP contribution in [-0.2, 0) is 4.79 Å². The van der Waals surface area contributed by atoms with Crippen LogP contribution in [0.5, 0.6) is 0 Å². The van der Waals surface area contributed by atoms with Crippen molar-refractivity contribution in [1.82, 2.24) is 20.5 Å². The standard InChI is InChI=1S/C17H20N4O2S/c1-10(2)8-19-15(22)11(3)24-17-21-20-16(23-17)13-9-18-14-7-5-4-6-12(13)14/h4-7,9-11,18H,8H2,1-3H3,(H,19,22)/t11-/m0/s1. The molecule has 7 heteroatoms. The van der Waals surface area contributed by atoms with E-state index in [9.17, 15) is 4.79 Å². The summed E-state index contributed by atoms with van der Waals surface area (Å²) in [4.78, 5) is 15.2. The van der Waals surface area contributed by atoms with Crippen LogP contribution in [0.15, 0.2) is 40.1 Å². The molecule has 3 rings (SSSR count). The summed E-state index contributed by atoms with van der Waals surface area (Å²) in [5.41, 5.74) is 1.88. The number of amides is 1. The normalized spacial score (nSPS) is 12.7. The molecule has 3 aromatic rings. The highest BCUT2D eigenvalue weighted by Gasteiger charge is 2.19. The van der Waals surface area contributed by atoms with Crippen molar-refractivity contribution >= 4 is 28.6 Å². The zero-order valence-corrected chi connectivity index (χ0v) is 14.7. The fourth-order valence-electron chi connectivity index (χ4n) is 2.27. The molecular formula is C17H20N4O2S. The van der Waals surface area contributed by atoms with Gasteiger partial charge < -0.3 is 14.7 Å². The average molecular weight is 344 g/mol. The predicted octanol–water partition coefficient (Wildman–Crippen LogP) is 3.47. The van der Waals surface area contributed by atoms with Gasteiger partial charge in [0.05, 0.1) is 10.8 Å². The summed E-state index contributed by atoms with van der Waals surface area (Å²) in [6.07, 6.45) is 1.85. The van der Waals surface area contributed by atoms with Crippen molar-refractivity contribution < 1.29 is 9.21 Å². The van der Waals surface area contributed by atoms with Gasteiger partial charge in [0.1, 0.15) is 0 Å². The number of carbonyl (C=O) groups is 1. The number of para-hydroxylation sites is 1. The van der Waals surface area contributed by atoms with Gasteiger partial charge in [-0.3, -0.25) is 4.79 Å². The maximum Gasteiger partial charge on any atom is 0.277 e. The molecule has 0 aliphatic heterocycles. The van der Waals surface area contributed by atoms with Crippen molar-refractivity contribution in [2.45, 2.75) is 31.2 Å². The number of aromatic amines is 1. The van der Waals surface area contributed by atoms with Gasteiger partial charge in [0.15, 0.2) is 0 Å². The van der Waals surface area contributed by atoms with Crippen molar-refractivity contribution in [3.05, 3.63) is 30.5 Å². The number of fused-ring (bicyclic) bond motifs is 1. The van der Waals surface area contributed by atoms with Gasteiger partial charge in [-0.2, -0.15) is 0 Å². The fraction of sp³-hybridized carbons (Fsp3) is 0.353. The van der Waals surface area contributed by atoms with Crippen LogP contribution in [0.25, 0.3) is 22.4 Å². The summed E-state index contributed by atoms with van der Waals surface area (Å²) in [6.45, 7) is 6.61. The van der Waals surface area contributed by atoms with E-state index in [2.05, 4.69) is 34.3 Å². The Morgan fingerprint density at radius 2 is 2.08 bits per heavy atom. The summed E-state index contributed by atoms with van der Waals surface area (Å²) in [5.74, 6) is 0.841. The lowest BCUT2D eigenvalue weighted by Crippen LogP contribution is -2.33. The Balaban J connectivity index is 1.70. The summed E-state index contributed by atoms with van der Waals surface area (Å²) in [6, 6.07) is 7.92. The molecule has 0 aliphatic carbocycles. The highest BCUT2D eigenvalue weighted by atomic mass is 32.2. The van der Waals surface area contributed by atoms with Crippen molar-refractivity contribution in [2.24, 2.45) is 5.92 Å². The molecule has 0 saturated carbocycles. The van der Waals surface area contributed by atoms with Crippen LogP contribution in [-0.4, -0.2) is 32.9 Å². The van der Waals surface area contributed by atoms with E-state index in [0.29, 0.717) is 23.6 Å². The number of hydrogen-bond acceptors (Lipinski definition) is 5. The van der Waals surface area contributed by atoms with Crippen molar-refractivity contribution in [3.63, 3.8) is 0 Å². The molecule has 0 saturated heterocycles. The second-order valence-corrected chi connectivity index (χ2v) is 7.31. The molecule has 0 unspecified atom stereocenters. The summed E-state index contributed by atoms with van der Waals surface area (Å²) >= 11 is 1.26. The smallest absolute Gasteiger partial charge is 0.277 e. The van der Waals surface area contributed by atoms with Gasteiger partial charge in [-0.1, -0.05) is 43.8 Å². The molecular weight excluding hydrogens is 324 g/mol. The maximum atomic E-state index is 12.0. The minimum absolute atomic E-state index is 0.0273. The molecule has 126 valence electrons. The van der Waals surface area contributed by atoms with E-state index < -0.39 is 0 Å². The Hall–Kier alpha value is -2.28. The molecule has 6 nitrogen and oxygen atoms in total. The van der Waals surface area contributed by atoms with Gasteiger partial charge in [-0.25, -0.2) is 0 Å². The molecule has 1 aromatic carbocycles. The van der Waals surface area contributed by atoms with Crippen molar-refractivity contribution in [2.75, 3.05) is 6.54 Å². The summed E-state index contributed by atoms with van der Waals surface area (Å²) < 4.78 is 5.72. The van der Waals surface area contributed by atoms with Crippen LogP contribution < -0.4 is 5.32 Å². The van der Waals surface area contributed by atoms with Gasteiger partial charge >= 0.3 is 0 Å². The Labute approximate surface area is 144 Å². The van der Waals surface area contributed by atoms with Gasteiger partial charge in [0, 0.05) is 23.6 Å². The molecule has 2 aromatic heterocycles. The third kappa shape index (κ3) is 3.62. The lowest BCUT2D eigenvalue weighted by molar-refractivity contribution is -0.120. The molecule has 1 amide bonds. The van der Waals surface area contributed by atoms with Crippen molar-refractivity contribution in [3.8, 4) is 11.5 Å². The van der Waals surface area contributed by atoms with Crippen LogP contribution in [0.1, 0.15) is 20.8 Å². The molecule has 1 atom stereocenters. The fourth-order valence-corrected chi connectivity index (χ4v) is 2.98. The zero-order chi connectivity index (χ0) is 17.1. The Bertz CT molecular complexity index is 840. The number of benzene rings is 1. The zero-order valence-electron chi connectivity index (χ0n) is 13.9. The van der Waals surface area contributed by atoms with E-state index in [1.54, 1.807) is 0 Å². The lowest BCUT2D eigenvalue weighted by atomic mass is 10.2. The number of aromatic nitrogens is 3.